The van der Waals surface area contributed by atoms with Crippen molar-refractivity contribution < 1.29 is 9.53 Å². The maximum atomic E-state index is 10.2. The largest absolute Gasteiger partial charge is 0.495 e. The van der Waals surface area contributed by atoms with Gasteiger partial charge in [-0.1, -0.05) is 0 Å². The van der Waals surface area contributed by atoms with E-state index in [1.807, 2.05) is 6.07 Å². The van der Waals surface area contributed by atoms with E-state index in [-0.39, 0.29) is 0 Å². The lowest BCUT2D eigenvalue weighted by atomic mass is 10.2. The van der Waals surface area contributed by atoms with Crippen molar-refractivity contribution in [1.29, 1.82) is 0 Å². The van der Waals surface area contributed by atoms with Gasteiger partial charge in [0.15, 0.2) is 0 Å². The van der Waals surface area contributed by atoms with E-state index in [0.717, 1.165) is 37.6 Å². The van der Waals surface area contributed by atoms with Gasteiger partial charge >= 0.3 is 0 Å². The number of isocyanates is 1. The Bertz CT molecular complexity index is 461. The van der Waals surface area contributed by atoms with Gasteiger partial charge in [0.2, 0.25) is 6.08 Å². The highest BCUT2D eigenvalue weighted by Gasteiger charge is 2.17. The van der Waals surface area contributed by atoms with E-state index in [1.165, 1.54) is 6.08 Å². The summed E-state index contributed by atoms with van der Waals surface area (Å²) in [5.74, 6) is 0.746. The summed E-state index contributed by atoms with van der Waals surface area (Å²) in [6.45, 7) is 4.03. The van der Waals surface area contributed by atoms with Gasteiger partial charge in [0, 0.05) is 32.2 Å². The standard InChI is InChI=1S/C13H17N3O2/c1-15-5-7-16(8-6-15)12-4-3-11(14-10-17)9-13(12)18-2/h3-4,9H,5-8H2,1-2H3. The number of piperazine rings is 1. The van der Waals surface area contributed by atoms with Gasteiger partial charge in [-0.3, -0.25) is 0 Å². The van der Waals surface area contributed by atoms with Gasteiger partial charge < -0.3 is 14.5 Å². The minimum atomic E-state index is 0.569. The third kappa shape index (κ3) is 2.70. The number of likely N-dealkylation sites (N-methyl/N-ethyl adjacent to an activating group) is 1. The minimum absolute atomic E-state index is 0.569. The second kappa shape index (κ2) is 5.67. The first-order valence-electron chi connectivity index (χ1n) is 5.94. The van der Waals surface area contributed by atoms with Crippen LogP contribution >= 0.6 is 0 Å². The van der Waals surface area contributed by atoms with Crippen molar-refractivity contribution in [1.82, 2.24) is 4.90 Å². The summed E-state index contributed by atoms with van der Waals surface area (Å²) in [5, 5.41) is 0. The number of anilines is 1. The average molecular weight is 247 g/mol. The highest BCUT2D eigenvalue weighted by molar-refractivity contribution is 5.65. The Balaban J connectivity index is 2.24. The second-order valence-corrected chi connectivity index (χ2v) is 4.35. The predicted molar refractivity (Wildman–Crippen MR) is 70.5 cm³/mol. The Kier molecular flexibility index (Phi) is 3.97. The molecule has 1 aromatic rings. The fourth-order valence-corrected chi connectivity index (χ4v) is 2.10. The molecule has 0 spiro atoms. The molecule has 1 aliphatic rings. The van der Waals surface area contributed by atoms with Crippen LogP contribution in [-0.2, 0) is 4.79 Å². The normalized spacial score (nSPS) is 16.2. The molecule has 5 nitrogen and oxygen atoms in total. The van der Waals surface area contributed by atoms with E-state index < -0.39 is 0 Å². The quantitative estimate of drug-likeness (QED) is 0.598. The van der Waals surface area contributed by atoms with E-state index in [2.05, 4.69) is 21.8 Å². The fraction of sp³-hybridized carbons (Fsp3) is 0.462. The zero-order valence-corrected chi connectivity index (χ0v) is 10.7. The average Bonchev–Trinajstić information content (AvgIpc) is 2.40. The molecule has 5 heteroatoms. The summed E-state index contributed by atoms with van der Waals surface area (Å²) in [4.78, 5) is 18.4. The molecule has 96 valence electrons. The van der Waals surface area contributed by atoms with Crippen LogP contribution in [0.15, 0.2) is 23.2 Å². The highest BCUT2D eigenvalue weighted by Crippen LogP contribution is 2.32. The Morgan fingerprint density at radius 2 is 2.00 bits per heavy atom. The van der Waals surface area contributed by atoms with Gasteiger partial charge in [0.25, 0.3) is 0 Å². The van der Waals surface area contributed by atoms with E-state index in [1.54, 1.807) is 19.2 Å². The number of hydrogen-bond acceptors (Lipinski definition) is 5. The molecule has 0 atom stereocenters. The Hall–Kier alpha value is -1.84. The van der Waals surface area contributed by atoms with Crippen LogP contribution in [0.3, 0.4) is 0 Å². The molecule has 0 bridgehead atoms. The predicted octanol–water partition coefficient (Wildman–Crippen LogP) is 1.41. The summed E-state index contributed by atoms with van der Waals surface area (Å²) in [6.07, 6.45) is 1.54. The lowest BCUT2D eigenvalue weighted by molar-refractivity contribution is 0.311. The lowest BCUT2D eigenvalue weighted by Gasteiger charge is -2.34. The molecule has 0 amide bonds. The first-order valence-corrected chi connectivity index (χ1v) is 5.94. The number of aliphatic imine (C=N–C) groups is 1. The van der Waals surface area contributed by atoms with E-state index in [9.17, 15) is 4.79 Å². The molecular weight excluding hydrogens is 230 g/mol. The molecule has 1 aliphatic heterocycles. The number of rotatable bonds is 3. The van der Waals surface area contributed by atoms with Crippen LogP contribution in [0.4, 0.5) is 11.4 Å². The van der Waals surface area contributed by atoms with Crippen LogP contribution in [0, 0.1) is 0 Å². The van der Waals surface area contributed by atoms with Crippen LogP contribution < -0.4 is 9.64 Å². The van der Waals surface area contributed by atoms with Crippen LogP contribution in [0.2, 0.25) is 0 Å². The SMILES string of the molecule is COc1cc(N=C=O)ccc1N1CCN(C)CC1. The number of carbonyl (C=O) groups excluding carboxylic acids is 1. The summed E-state index contributed by atoms with van der Waals surface area (Å²) in [6, 6.07) is 5.51. The van der Waals surface area contributed by atoms with Gasteiger partial charge in [-0.05, 0) is 19.2 Å². The molecule has 0 aromatic heterocycles. The molecule has 0 saturated carbocycles. The van der Waals surface area contributed by atoms with E-state index in [4.69, 9.17) is 4.74 Å². The zero-order valence-electron chi connectivity index (χ0n) is 10.7. The number of methoxy groups -OCH3 is 1. The summed E-state index contributed by atoms with van der Waals surface area (Å²) in [7, 11) is 3.75. The third-order valence-corrected chi connectivity index (χ3v) is 3.18. The van der Waals surface area contributed by atoms with Gasteiger partial charge in [-0.15, -0.1) is 0 Å². The van der Waals surface area contributed by atoms with Crippen molar-refractivity contribution in [3.63, 3.8) is 0 Å². The minimum Gasteiger partial charge on any atom is -0.495 e. The fourth-order valence-electron chi connectivity index (χ4n) is 2.10. The van der Waals surface area contributed by atoms with Crippen LogP contribution in [0.5, 0.6) is 5.75 Å². The molecule has 0 unspecified atom stereocenters. The summed E-state index contributed by atoms with van der Waals surface area (Å²) in [5.41, 5.74) is 1.62. The molecule has 1 heterocycles. The highest BCUT2D eigenvalue weighted by atomic mass is 16.5. The first kappa shape index (κ1) is 12.6. The molecule has 0 aliphatic carbocycles. The van der Waals surface area contributed by atoms with Crippen molar-refractivity contribution in [3.05, 3.63) is 18.2 Å². The molecular formula is C13H17N3O2. The first-order chi connectivity index (χ1) is 8.74. The van der Waals surface area contributed by atoms with Gasteiger partial charge in [-0.25, -0.2) is 4.79 Å². The maximum absolute atomic E-state index is 10.2. The van der Waals surface area contributed by atoms with Crippen molar-refractivity contribution in [3.8, 4) is 5.75 Å². The number of benzene rings is 1. The van der Waals surface area contributed by atoms with E-state index in [0.29, 0.717) is 5.69 Å². The van der Waals surface area contributed by atoms with Crippen molar-refractivity contribution >= 4 is 17.5 Å². The topological polar surface area (TPSA) is 45.1 Å². The molecule has 2 rings (SSSR count). The molecule has 0 N–H and O–H groups in total. The molecule has 0 radical (unpaired) electrons. The maximum Gasteiger partial charge on any atom is 0.240 e. The molecule has 18 heavy (non-hydrogen) atoms. The van der Waals surface area contributed by atoms with Gasteiger partial charge in [0.05, 0.1) is 18.5 Å². The number of nitrogens with zero attached hydrogens (tertiary/aromatic N) is 3. The van der Waals surface area contributed by atoms with Crippen LogP contribution in [-0.4, -0.2) is 51.3 Å². The third-order valence-electron chi connectivity index (χ3n) is 3.18. The lowest BCUT2D eigenvalue weighted by Crippen LogP contribution is -2.44. The monoisotopic (exact) mass is 247 g/mol. The van der Waals surface area contributed by atoms with Crippen LogP contribution in [0.25, 0.3) is 0 Å². The van der Waals surface area contributed by atoms with Gasteiger partial charge in [0.1, 0.15) is 5.75 Å². The van der Waals surface area contributed by atoms with Crippen LogP contribution in [0.1, 0.15) is 0 Å². The number of ether oxygens (including phenoxy) is 1. The Morgan fingerprint density at radius 1 is 1.28 bits per heavy atom. The summed E-state index contributed by atoms with van der Waals surface area (Å²) < 4.78 is 5.37. The molecule has 1 fully saturated rings. The van der Waals surface area contributed by atoms with Crippen molar-refractivity contribution in [2.45, 2.75) is 0 Å². The smallest absolute Gasteiger partial charge is 0.240 e. The zero-order chi connectivity index (χ0) is 13.0. The van der Waals surface area contributed by atoms with Crippen molar-refractivity contribution in [2.75, 3.05) is 45.2 Å². The summed E-state index contributed by atoms with van der Waals surface area (Å²) >= 11 is 0. The van der Waals surface area contributed by atoms with Gasteiger partial charge in [-0.2, -0.15) is 4.99 Å². The van der Waals surface area contributed by atoms with Crippen molar-refractivity contribution in [2.24, 2.45) is 4.99 Å². The molecule has 1 saturated heterocycles. The second-order valence-electron chi connectivity index (χ2n) is 4.35. The number of hydrogen-bond donors (Lipinski definition) is 0. The Morgan fingerprint density at radius 3 is 2.61 bits per heavy atom. The molecule has 1 aromatic carbocycles. The van der Waals surface area contributed by atoms with E-state index >= 15 is 0 Å². The Labute approximate surface area is 107 Å².